The Hall–Kier alpha value is -3.17. The SMILES string of the molecule is CCOc1cc(C(=O)N(CC)c2nc3ccccc3s2)ccc1OCC(=O)N1CCOCC1. The van der Waals surface area contributed by atoms with Crippen molar-refractivity contribution >= 4 is 38.5 Å². The van der Waals surface area contributed by atoms with Gasteiger partial charge in [0.15, 0.2) is 23.2 Å². The molecule has 0 atom stereocenters. The summed E-state index contributed by atoms with van der Waals surface area (Å²) in [7, 11) is 0. The maximum atomic E-state index is 13.3. The number of morpholine rings is 1. The molecule has 0 N–H and O–H groups in total. The van der Waals surface area contributed by atoms with E-state index in [4.69, 9.17) is 14.2 Å². The first kappa shape index (κ1) is 23.0. The second-order valence-corrected chi connectivity index (χ2v) is 8.40. The number of hydrogen-bond acceptors (Lipinski definition) is 7. The summed E-state index contributed by atoms with van der Waals surface area (Å²) < 4.78 is 17.8. The van der Waals surface area contributed by atoms with Crippen molar-refractivity contribution in [3.8, 4) is 11.5 Å². The largest absolute Gasteiger partial charge is 0.490 e. The molecular weight excluding hydrogens is 442 g/mol. The van der Waals surface area contributed by atoms with E-state index in [1.54, 1.807) is 28.0 Å². The Morgan fingerprint density at radius 3 is 2.61 bits per heavy atom. The van der Waals surface area contributed by atoms with E-state index >= 15 is 0 Å². The van der Waals surface area contributed by atoms with Gasteiger partial charge in [0.25, 0.3) is 11.8 Å². The van der Waals surface area contributed by atoms with E-state index in [2.05, 4.69) is 4.98 Å². The van der Waals surface area contributed by atoms with Gasteiger partial charge < -0.3 is 19.1 Å². The zero-order valence-electron chi connectivity index (χ0n) is 18.8. The summed E-state index contributed by atoms with van der Waals surface area (Å²) in [6.45, 7) is 6.76. The van der Waals surface area contributed by atoms with Crippen LogP contribution in [0.5, 0.6) is 11.5 Å². The number of thiazole rings is 1. The molecule has 0 saturated carbocycles. The van der Waals surface area contributed by atoms with Gasteiger partial charge in [0.2, 0.25) is 0 Å². The molecule has 2 aromatic carbocycles. The zero-order chi connectivity index (χ0) is 23.2. The molecule has 33 heavy (non-hydrogen) atoms. The van der Waals surface area contributed by atoms with Gasteiger partial charge in [0.05, 0.1) is 30.0 Å². The van der Waals surface area contributed by atoms with Crippen molar-refractivity contribution < 1.29 is 23.8 Å². The van der Waals surface area contributed by atoms with Gasteiger partial charge in [-0.1, -0.05) is 23.5 Å². The lowest BCUT2D eigenvalue weighted by Gasteiger charge is -2.26. The lowest BCUT2D eigenvalue weighted by atomic mass is 10.1. The van der Waals surface area contributed by atoms with Gasteiger partial charge in [-0.25, -0.2) is 4.98 Å². The molecule has 4 rings (SSSR count). The molecule has 0 spiro atoms. The first-order chi connectivity index (χ1) is 16.1. The predicted molar refractivity (Wildman–Crippen MR) is 127 cm³/mol. The quantitative estimate of drug-likeness (QED) is 0.502. The van der Waals surface area contributed by atoms with Crippen LogP contribution in [0.1, 0.15) is 24.2 Å². The van der Waals surface area contributed by atoms with Crippen molar-refractivity contribution in [2.45, 2.75) is 13.8 Å². The second-order valence-electron chi connectivity index (χ2n) is 7.39. The summed E-state index contributed by atoms with van der Waals surface area (Å²) >= 11 is 1.48. The van der Waals surface area contributed by atoms with E-state index in [0.29, 0.717) is 61.6 Å². The summed E-state index contributed by atoms with van der Waals surface area (Å²) in [6.07, 6.45) is 0. The van der Waals surface area contributed by atoms with Gasteiger partial charge in [-0.3, -0.25) is 14.5 Å². The Morgan fingerprint density at radius 2 is 1.88 bits per heavy atom. The fourth-order valence-electron chi connectivity index (χ4n) is 3.57. The summed E-state index contributed by atoms with van der Waals surface area (Å²) in [5.74, 6) is 0.582. The van der Waals surface area contributed by atoms with Crippen molar-refractivity contribution in [2.24, 2.45) is 0 Å². The Kier molecular flexibility index (Phi) is 7.41. The van der Waals surface area contributed by atoms with Crippen molar-refractivity contribution in [1.29, 1.82) is 0 Å². The van der Waals surface area contributed by atoms with E-state index < -0.39 is 0 Å². The van der Waals surface area contributed by atoms with Crippen LogP contribution in [0.25, 0.3) is 10.2 Å². The monoisotopic (exact) mass is 469 g/mol. The molecular formula is C24H27N3O5S. The second kappa shape index (κ2) is 10.6. The highest BCUT2D eigenvalue weighted by atomic mass is 32.1. The van der Waals surface area contributed by atoms with E-state index in [1.807, 2.05) is 38.1 Å². The third-order valence-corrected chi connectivity index (χ3v) is 6.34. The molecule has 0 aliphatic carbocycles. The molecule has 2 amide bonds. The highest BCUT2D eigenvalue weighted by molar-refractivity contribution is 7.22. The van der Waals surface area contributed by atoms with Crippen LogP contribution >= 0.6 is 11.3 Å². The van der Waals surface area contributed by atoms with E-state index in [1.165, 1.54) is 11.3 Å². The first-order valence-electron chi connectivity index (χ1n) is 11.0. The Morgan fingerprint density at radius 1 is 1.09 bits per heavy atom. The summed E-state index contributed by atoms with van der Waals surface area (Å²) in [4.78, 5) is 33.7. The molecule has 1 aliphatic rings. The molecule has 1 aromatic heterocycles. The van der Waals surface area contributed by atoms with Crippen LogP contribution in [0, 0.1) is 0 Å². The number of para-hydroxylation sites is 1. The number of aromatic nitrogens is 1. The Balaban J connectivity index is 1.51. The minimum atomic E-state index is -0.173. The minimum absolute atomic E-state index is 0.0971. The van der Waals surface area contributed by atoms with Gasteiger partial charge in [0.1, 0.15) is 0 Å². The predicted octanol–water partition coefficient (Wildman–Crippen LogP) is 3.60. The molecule has 0 radical (unpaired) electrons. The topological polar surface area (TPSA) is 81.2 Å². The molecule has 9 heteroatoms. The molecule has 0 unspecified atom stereocenters. The third kappa shape index (κ3) is 5.26. The number of amides is 2. The van der Waals surface area contributed by atoms with Crippen LogP contribution in [0.3, 0.4) is 0 Å². The molecule has 174 valence electrons. The van der Waals surface area contributed by atoms with Gasteiger partial charge in [0, 0.05) is 25.2 Å². The van der Waals surface area contributed by atoms with Crippen LogP contribution in [0.4, 0.5) is 5.13 Å². The van der Waals surface area contributed by atoms with Crippen LogP contribution < -0.4 is 14.4 Å². The number of anilines is 1. The number of nitrogens with zero attached hydrogens (tertiary/aromatic N) is 3. The van der Waals surface area contributed by atoms with Crippen molar-refractivity contribution in [2.75, 3.05) is 51.0 Å². The van der Waals surface area contributed by atoms with E-state index in [-0.39, 0.29) is 18.4 Å². The molecule has 1 aliphatic heterocycles. The van der Waals surface area contributed by atoms with Crippen molar-refractivity contribution in [3.05, 3.63) is 48.0 Å². The Bertz CT molecular complexity index is 1090. The minimum Gasteiger partial charge on any atom is -0.490 e. The number of rotatable bonds is 8. The molecule has 1 fully saturated rings. The summed E-state index contributed by atoms with van der Waals surface area (Å²) in [5, 5.41) is 0.651. The normalized spacial score (nSPS) is 13.7. The van der Waals surface area contributed by atoms with Gasteiger partial charge in [-0.15, -0.1) is 0 Å². The molecule has 3 aromatic rings. The number of carbonyl (C=O) groups is 2. The highest BCUT2D eigenvalue weighted by Gasteiger charge is 2.22. The first-order valence-corrected chi connectivity index (χ1v) is 11.8. The number of carbonyl (C=O) groups excluding carboxylic acids is 2. The molecule has 8 nitrogen and oxygen atoms in total. The smallest absolute Gasteiger partial charge is 0.260 e. The van der Waals surface area contributed by atoms with Crippen LogP contribution in [0.15, 0.2) is 42.5 Å². The van der Waals surface area contributed by atoms with Crippen molar-refractivity contribution in [3.63, 3.8) is 0 Å². The van der Waals surface area contributed by atoms with Gasteiger partial charge >= 0.3 is 0 Å². The maximum absolute atomic E-state index is 13.3. The van der Waals surface area contributed by atoms with Crippen LogP contribution in [0.2, 0.25) is 0 Å². The number of fused-ring (bicyclic) bond motifs is 1. The molecule has 2 heterocycles. The fourth-order valence-corrected chi connectivity index (χ4v) is 4.60. The average molecular weight is 470 g/mol. The maximum Gasteiger partial charge on any atom is 0.260 e. The van der Waals surface area contributed by atoms with Gasteiger partial charge in [-0.2, -0.15) is 0 Å². The van der Waals surface area contributed by atoms with Crippen molar-refractivity contribution in [1.82, 2.24) is 9.88 Å². The van der Waals surface area contributed by atoms with Crippen LogP contribution in [-0.2, 0) is 9.53 Å². The lowest BCUT2D eigenvalue weighted by molar-refractivity contribution is -0.137. The molecule has 0 bridgehead atoms. The van der Waals surface area contributed by atoms with Gasteiger partial charge in [-0.05, 0) is 44.2 Å². The highest BCUT2D eigenvalue weighted by Crippen LogP contribution is 2.32. The fraction of sp³-hybridized carbons (Fsp3) is 0.375. The third-order valence-electron chi connectivity index (χ3n) is 5.28. The summed E-state index contributed by atoms with van der Waals surface area (Å²) in [6, 6.07) is 12.8. The number of hydrogen-bond donors (Lipinski definition) is 0. The number of benzene rings is 2. The molecule has 1 saturated heterocycles. The summed E-state index contributed by atoms with van der Waals surface area (Å²) in [5.41, 5.74) is 1.33. The average Bonchev–Trinajstić information content (AvgIpc) is 3.28. The van der Waals surface area contributed by atoms with E-state index in [9.17, 15) is 9.59 Å². The van der Waals surface area contributed by atoms with E-state index in [0.717, 1.165) is 10.2 Å². The standard InChI is InChI=1S/C24H27N3O5S/c1-3-27(24-25-18-7-5-6-8-21(18)33-24)23(29)17-9-10-19(20(15-17)31-4-2)32-16-22(28)26-11-13-30-14-12-26/h5-10,15H,3-4,11-14,16H2,1-2H3. The zero-order valence-corrected chi connectivity index (χ0v) is 19.6. The van der Waals surface area contributed by atoms with Crippen LogP contribution in [-0.4, -0.2) is 67.8 Å². The lowest BCUT2D eigenvalue weighted by Crippen LogP contribution is -2.43. The number of ether oxygens (including phenoxy) is 3. The Labute approximate surface area is 196 Å².